The maximum Gasteiger partial charge on any atom is 0.170 e. The highest BCUT2D eigenvalue weighted by atomic mass is 127. The number of aromatic amines is 2. The highest BCUT2D eigenvalue weighted by Crippen LogP contribution is 2.51. The van der Waals surface area contributed by atoms with E-state index < -0.39 is 0 Å². The quantitative estimate of drug-likeness (QED) is 0.0902. The molecule has 0 amide bonds. The van der Waals surface area contributed by atoms with Gasteiger partial charge in [0.25, 0.3) is 0 Å². The zero-order chi connectivity index (χ0) is 70.7. The summed E-state index contributed by atoms with van der Waals surface area (Å²) >= 11 is 18.5. The molecule has 12 aromatic carbocycles. The van der Waals surface area contributed by atoms with Crippen LogP contribution in [0.5, 0.6) is 92.0 Å². The van der Waals surface area contributed by atoms with Gasteiger partial charge in [-0.25, -0.2) is 9.97 Å². The third-order valence-electron chi connectivity index (χ3n) is 17.1. The van der Waals surface area contributed by atoms with Gasteiger partial charge in [0.1, 0.15) is 46.0 Å². The summed E-state index contributed by atoms with van der Waals surface area (Å²) in [7, 11) is 0. The van der Waals surface area contributed by atoms with Crippen LogP contribution in [0.15, 0.2) is 267 Å². The molecule has 104 heavy (non-hydrogen) atoms. The monoisotopic (exact) mass is 2250 g/mol. The number of rotatable bonds is 16. The number of H-pyrrole nitrogens is 2. The molecular formula is C84H46I8N4O8. The van der Waals surface area contributed by atoms with E-state index in [0.717, 1.165) is 94.4 Å². The molecule has 0 unspecified atom stereocenters. The van der Waals surface area contributed by atoms with E-state index in [-0.39, 0.29) is 0 Å². The minimum Gasteiger partial charge on any atom is -0.453 e. The first-order chi connectivity index (χ1) is 50.6. The number of ether oxygens (including phenoxy) is 8. The molecule has 2 N–H and O–H groups in total. The fourth-order valence-electron chi connectivity index (χ4n) is 12.2. The van der Waals surface area contributed by atoms with Crippen molar-refractivity contribution in [2.24, 2.45) is 0 Å². The number of halogens is 8. The van der Waals surface area contributed by atoms with Crippen LogP contribution in [0, 0.1) is 28.6 Å². The topological polar surface area (TPSA) is 131 Å². The molecule has 0 saturated heterocycles. The summed E-state index contributed by atoms with van der Waals surface area (Å²) in [5.74, 6) is 8.95. The number of benzene rings is 12. The summed E-state index contributed by atoms with van der Waals surface area (Å²) in [6.45, 7) is 0. The summed E-state index contributed by atoms with van der Waals surface area (Å²) in [6, 6.07) is 88.2. The highest BCUT2D eigenvalue weighted by molar-refractivity contribution is 14.1. The molecule has 0 fully saturated rings. The lowest BCUT2D eigenvalue weighted by Gasteiger charge is -2.15. The highest BCUT2D eigenvalue weighted by Gasteiger charge is 2.27. The predicted octanol–water partition coefficient (Wildman–Crippen LogP) is 28.5. The van der Waals surface area contributed by atoms with Crippen molar-refractivity contribution in [2.45, 2.75) is 0 Å². The summed E-state index contributed by atoms with van der Waals surface area (Å²) < 4.78 is 63.9. The molecular weight excluding hydrogens is 2210 g/mol. The Hall–Kier alpha value is -7.48. The van der Waals surface area contributed by atoms with Crippen LogP contribution in [0.4, 0.5) is 0 Å². The zero-order valence-electron chi connectivity index (χ0n) is 53.6. The number of nitrogens with zero attached hydrogens (tertiary/aromatic N) is 2. The van der Waals surface area contributed by atoms with Crippen molar-refractivity contribution in [2.75, 3.05) is 0 Å². The van der Waals surface area contributed by atoms with E-state index in [1.54, 1.807) is 0 Å². The normalized spacial score (nSPS) is 11.5. The molecule has 506 valence electrons. The Morgan fingerprint density at radius 2 is 0.327 bits per heavy atom. The van der Waals surface area contributed by atoms with Gasteiger partial charge in [0.05, 0.1) is 22.8 Å². The first-order valence-corrected chi connectivity index (χ1v) is 40.8. The number of nitrogens with one attached hydrogen (secondary N) is 2. The van der Waals surface area contributed by atoms with Gasteiger partial charge in [0, 0.05) is 94.4 Å². The molecule has 3 aromatic heterocycles. The van der Waals surface area contributed by atoms with Crippen LogP contribution in [-0.2, 0) is 0 Å². The van der Waals surface area contributed by atoms with Crippen LogP contribution in [0.1, 0.15) is 0 Å². The smallest absolute Gasteiger partial charge is 0.170 e. The van der Waals surface area contributed by atoms with E-state index in [9.17, 15) is 0 Å². The van der Waals surface area contributed by atoms with Crippen LogP contribution in [-0.4, -0.2) is 19.9 Å². The second-order valence-corrected chi connectivity index (χ2v) is 34.0. The number of hydrogen-bond acceptors (Lipinski definition) is 10. The van der Waals surface area contributed by atoms with Gasteiger partial charge in [-0.3, -0.25) is 0 Å². The van der Waals surface area contributed by atoms with Gasteiger partial charge >= 0.3 is 0 Å². The Kier molecular flexibility index (Phi) is 20.1. The summed E-state index contributed by atoms with van der Waals surface area (Å²) in [4.78, 5) is 19.2. The van der Waals surface area contributed by atoms with Crippen LogP contribution < -0.4 is 37.9 Å². The average molecular weight is 2250 g/mol. The van der Waals surface area contributed by atoms with Crippen molar-refractivity contribution in [3.05, 3.63) is 295 Å². The third-order valence-corrected chi connectivity index (χ3v) is 22.8. The van der Waals surface area contributed by atoms with Crippen LogP contribution in [0.2, 0.25) is 0 Å². The van der Waals surface area contributed by atoms with Crippen molar-refractivity contribution in [1.29, 1.82) is 0 Å². The largest absolute Gasteiger partial charge is 0.453 e. The molecule has 0 aliphatic carbocycles. The number of hydrogen-bond donors (Lipinski definition) is 2. The Bertz CT molecular complexity index is 5310. The van der Waals surface area contributed by atoms with E-state index in [0.29, 0.717) is 115 Å². The zero-order valence-corrected chi connectivity index (χ0v) is 70.8. The maximum absolute atomic E-state index is 6.92. The summed E-state index contributed by atoms with van der Waals surface area (Å²) in [5, 5.41) is 3.25. The molecule has 8 bridgehead atoms. The molecule has 5 heterocycles. The van der Waals surface area contributed by atoms with Gasteiger partial charge in [-0.2, -0.15) is 0 Å². The molecule has 15 aromatic rings. The molecule has 0 spiro atoms. The van der Waals surface area contributed by atoms with Crippen molar-refractivity contribution < 1.29 is 37.9 Å². The van der Waals surface area contributed by atoms with Crippen LogP contribution >= 0.6 is 181 Å². The van der Waals surface area contributed by atoms with E-state index in [4.69, 9.17) is 47.9 Å². The van der Waals surface area contributed by atoms with Crippen LogP contribution in [0.25, 0.3) is 88.6 Å². The fourth-order valence-corrected chi connectivity index (χ4v) is 15.0. The Morgan fingerprint density at radius 3 is 0.481 bits per heavy atom. The first-order valence-electron chi connectivity index (χ1n) is 32.2. The van der Waals surface area contributed by atoms with Gasteiger partial charge in [-0.15, -0.1) is 0 Å². The molecule has 0 radical (unpaired) electrons. The van der Waals surface area contributed by atoms with E-state index in [1.807, 2.05) is 243 Å². The number of fused-ring (bicyclic) bond motifs is 20. The Morgan fingerprint density at radius 1 is 0.183 bits per heavy atom. The molecule has 2 aliphatic rings. The molecule has 17 rings (SSSR count). The number of aromatic nitrogens is 4. The summed E-state index contributed by atoms with van der Waals surface area (Å²) in [6.07, 6.45) is 0. The third kappa shape index (κ3) is 15.3. The minimum atomic E-state index is 0.482. The van der Waals surface area contributed by atoms with Crippen molar-refractivity contribution in [1.82, 2.24) is 19.9 Å². The average Bonchev–Trinajstić information content (AvgIpc) is 1.59. The van der Waals surface area contributed by atoms with Gasteiger partial charge < -0.3 is 47.9 Å². The second-order valence-electron chi connectivity index (χ2n) is 24.1. The molecule has 0 atom stereocenters. The summed E-state index contributed by atoms with van der Waals surface area (Å²) in [5.41, 5.74) is 8.58. The molecule has 12 nitrogen and oxygen atoms in total. The van der Waals surface area contributed by atoms with Gasteiger partial charge in [-0.05, 0) is 448 Å². The predicted molar refractivity (Wildman–Crippen MR) is 479 cm³/mol. The lowest BCUT2D eigenvalue weighted by molar-refractivity contribution is 0.419. The lowest BCUT2D eigenvalue weighted by Crippen LogP contribution is -1.93. The SMILES string of the molecule is Ic1ccc(Oc2cc3c(cc2Oc2ccc(I)cc2)-c2cc4[nH]c(cc5nc(cc6[nH]c(cc-3n2)c2cc(Oc3ccc(I)cc3)c(Oc3ccc(I)cc3)cc62)-c2cc(Oc3ccc(I)cc3)c(Oc3ccc(I)cc3)cc2-5)c2cc(Oc3ccc(I)cc3)c(Oc3ccc(I)cc3)cc42)cc1. The Balaban J connectivity index is 0.985. The first kappa shape index (κ1) is 69.6. The lowest BCUT2D eigenvalue weighted by atomic mass is 10.0. The minimum absolute atomic E-state index is 0.482. The van der Waals surface area contributed by atoms with Gasteiger partial charge in [0.15, 0.2) is 46.0 Å². The fraction of sp³-hybridized carbons (Fsp3) is 0. The molecule has 0 saturated carbocycles. The van der Waals surface area contributed by atoms with Gasteiger partial charge in [-0.1, -0.05) is 0 Å². The van der Waals surface area contributed by atoms with E-state index in [2.05, 4.69) is 215 Å². The van der Waals surface area contributed by atoms with Crippen molar-refractivity contribution in [3.8, 4) is 137 Å². The van der Waals surface area contributed by atoms with Crippen molar-refractivity contribution >= 4 is 224 Å². The Labute approximate surface area is 705 Å². The second kappa shape index (κ2) is 30.0. The molecule has 2 aliphatic heterocycles. The van der Waals surface area contributed by atoms with E-state index >= 15 is 0 Å². The standard InChI is InChI=1S/C84H46I8N4O8/c85-45-1-17-53(18-2-45)97-77-33-61-62(34-78(77)98-54-19-3-46(86)4-20-54)70-42-72-65-37-81(101-57-25-9-49(89)10-26-57)82(102-58-27-11-50(90)12-28-58)38-66(65)74(95-72)44-76-68-40-84(104-60-31-15-52(92)16-32-60)83(103-59-29-13-51(91)14-30-59)39-67(68)75(96-76)43-73-64-36-80(100-56-23-7-48(88)8-24-56)79(99-55-21-5-47(87)6-22-55)35-63(64)71(94-73)41-69(61)93-70/h1-44,93,96H. The molecule has 20 heteroatoms. The maximum atomic E-state index is 6.92. The van der Waals surface area contributed by atoms with Crippen molar-refractivity contribution in [3.63, 3.8) is 0 Å². The van der Waals surface area contributed by atoms with E-state index in [1.165, 1.54) is 0 Å². The van der Waals surface area contributed by atoms with Crippen LogP contribution in [0.3, 0.4) is 0 Å². The van der Waals surface area contributed by atoms with Gasteiger partial charge in [0.2, 0.25) is 0 Å².